The molecule has 8 nitrogen and oxygen atoms in total. The number of likely N-dealkylation sites (N-methyl/N-ethyl adjacent to an activating group) is 1. The summed E-state index contributed by atoms with van der Waals surface area (Å²) in [4.78, 5) is 41.4. The van der Waals surface area contributed by atoms with Gasteiger partial charge in [-0.25, -0.2) is 13.2 Å². The molecule has 2 aliphatic rings. The Bertz CT molecular complexity index is 1240. The number of rotatable bonds is 7. The minimum Gasteiger partial charge on any atom is -0.487 e. The van der Waals surface area contributed by atoms with E-state index in [4.69, 9.17) is 9.47 Å². The fourth-order valence-electron chi connectivity index (χ4n) is 4.66. The van der Waals surface area contributed by atoms with Crippen molar-refractivity contribution in [1.82, 2.24) is 14.8 Å². The van der Waals surface area contributed by atoms with Gasteiger partial charge in [-0.3, -0.25) is 14.4 Å². The average Bonchev–Trinajstić information content (AvgIpc) is 2.83. The minimum absolute atomic E-state index is 0.0266. The van der Waals surface area contributed by atoms with Gasteiger partial charge in [0.25, 0.3) is 11.8 Å². The third-order valence-electron chi connectivity index (χ3n) is 7.07. The highest BCUT2D eigenvalue weighted by Crippen LogP contribution is 2.42. The molecule has 1 saturated heterocycles. The number of carbonyl (C=O) groups is 2. The minimum atomic E-state index is -1.16. The number of amides is 2. The maximum Gasteiger partial charge on any atom is 0.274 e. The van der Waals surface area contributed by atoms with Crippen LogP contribution in [0, 0.1) is 17.5 Å². The molecule has 1 aromatic carbocycles. The van der Waals surface area contributed by atoms with Gasteiger partial charge in [0.1, 0.15) is 23.0 Å². The van der Waals surface area contributed by atoms with Gasteiger partial charge in [-0.2, -0.15) is 0 Å². The van der Waals surface area contributed by atoms with Gasteiger partial charge in [0.15, 0.2) is 11.4 Å². The van der Waals surface area contributed by atoms with Crippen LogP contribution in [0.15, 0.2) is 23.1 Å². The van der Waals surface area contributed by atoms with Gasteiger partial charge in [0.2, 0.25) is 5.43 Å². The van der Waals surface area contributed by atoms with Crippen molar-refractivity contribution in [2.45, 2.75) is 51.2 Å². The second kappa shape index (κ2) is 9.96. The number of aromatic nitrogens is 1. The molecule has 0 spiro atoms. The molecule has 2 aliphatic heterocycles. The SMILES string of the molecule is CCCCOc1c2n(cc(C(=O)NCc3c(F)cc(F)cc3F)c1=O)C1COCC[C@@]1(C)N(C)C2=O. The van der Waals surface area contributed by atoms with Crippen LogP contribution in [0.1, 0.15) is 65.6 Å². The standard InChI is InChI=1S/C25H28F3N3O5/c1-4-5-7-36-22-20-24(34)30(3)25(2)6-8-35-13-19(25)31(20)12-16(21(22)32)23(33)29-11-15-17(27)9-14(26)10-18(15)28/h9-10,12,19H,4-8,11,13H2,1-3H3,(H,29,33)/t19?,25-/m1/s1. The Balaban J connectivity index is 1.77. The monoisotopic (exact) mass is 507 g/mol. The Kier molecular flexibility index (Phi) is 7.12. The normalized spacial score (nSPS) is 21.1. The smallest absolute Gasteiger partial charge is 0.274 e. The highest BCUT2D eigenvalue weighted by molar-refractivity contribution is 5.99. The number of carbonyl (C=O) groups excluding carboxylic acids is 2. The van der Waals surface area contributed by atoms with E-state index in [2.05, 4.69) is 5.32 Å². The molecule has 194 valence electrons. The number of fused-ring (bicyclic) bond motifs is 3. The first-order valence-corrected chi connectivity index (χ1v) is 11.8. The van der Waals surface area contributed by atoms with E-state index in [1.54, 1.807) is 16.5 Å². The molecule has 2 atom stereocenters. The lowest BCUT2D eigenvalue weighted by molar-refractivity contribution is -0.0529. The van der Waals surface area contributed by atoms with Gasteiger partial charge < -0.3 is 24.3 Å². The number of benzene rings is 1. The van der Waals surface area contributed by atoms with Crippen LogP contribution in [0.3, 0.4) is 0 Å². The fraction of sp³-hybridized carbons (Fsp3) is 0.480. The summed E-state index contributed by atoms with van der Waals surface area (Å²) in [5.74, 6) is -5.00. The molecule has 1 aromatic heterocycles. The van der Waals surface area contributed by atoms with Crippen LogP contribution in [-0.2, 0) is 11.3 Å². The van der Waals surface area contributed by atoms with Gasteiger partial charge >= 0.3 is 0 Å². The van der Waals surface area contributed by atoms with Gasteiger partial charge in [0.05, 0.1) is 24.8 Å². The first-order chi connectivity index (χ1) is 17.1. The van der Waals surface area contributed by atoms with Gasteiger partial charge in [-0.05, 0) is 19.8 Å². The highest BCUT2D eigenvalue weighted by Gasteiger charge is 2.50. The summed E-state index contributed by atoms with van der Waals surface area (Å²) in [6.45, 7) is 4.08. The lowest BCUT2D eigenvalue weighted by Crippen LogP contribution is -2.61. The molecule has 2 aromatic rings. The molecule has 11 heteroatoms. The van der Waals surface area contributed by atoms with Crippen molar-refractivity contribution in [3.63, 3.8) is 0 Å². The Morgan fingerprint density at radius 3 is 2.61 bits per heavy atom. The second-order valence-corrected chi connectivity index (χ2v) is 9.25. The van der Waals surface area contributed by atoms with E-state index < -0.39 is 58.4 Å². The lowest BCUT2D eigenvalue weighted by Gasteiger charge is -2.52. The Morgan fingerprint density at radius 1 is 1.25 bits per heavy atom. The van der Waals surface area contributed by atoms with E-state index in [1.807, 2.05) is 13.8 Å². The number of nitrogens with zero attached hydrogens (tertiary/aromatic N) is 2. The van der Waals surface area contributed by atoms with E-state index in [0.717, 1.165) is 6.42 Å². The molecule has 1 fully saturated rings. The molecular weight excluding hydrogens is 479 g/mol. The molecule has 4 rings (SSSR count). The van der Waals surface area contributed by atoms with E-state index in [1.165, 1.54) is 6.20 Å². The van der Waals surface area contributed by atoms with Crippen molar-refractivity contribution < 1.29 is 32.2 Å². The summed E-state index contributed by atoms with van der Waals surface area (Å²) < 4.78 is 54.3. The molecule has 0 aliphatic carbocycles. The zero-order valence-corrected chi connectivity index (χ0v) is 20.3. The molecule has 3 heterocycles. The summed E-state index contributed by atoms with van der Waals surface area (Å²) in [6.07, 6.45) is 3.22. The summed E-state index contributed by atoms with van der Waals surface area (Å²) in [5.41, 5.74) is -2.31. The summed E-state index contributed by atoms with van der Waals surface area (Å²) in [7, 11) is 1.66. The van der Waals surface area contributed by atoms with Crippen LogP contribution in [0.25, 0.3) is 0 Å². The van der Waals surface area contributed by atoms with Crippen molar-refractivity contribution in [1.29, 1.82) is 0 Å². The van der Waals surface area contributed by atoms with Gasteiger partial charge in [-0.15, -0.1) is 0 Å². The number of ether oxygens (including phenoxy) is 2. The third kappa shape index (κ3) is 4.36. The number of hydrogen-bond acceptors (Lipinski definition) is 5. The summed E-state index contributed by atoms with van der Waals surface area (Å²) >= 11 is 0. The van der Waals surface area contributed by atoms with Crippen LogP contribution in [-0.4, -0.2) is 53.7 Å². The maximum atomic E-state index is 14.0. The quantitative estimate of drug-likeness (QED) is 0.582. The first-order valence-electron chi connectivity index (χ1n) is 11.8. The van der Waals surface area contributed by atoms with E-state index in [9.17, 15) is 27.6 Å². The zero-order valence-electron chi connectivity index (χ0n) is 20.3. The molecular formula is C25H28F3N3O5. The summed E-state index contributed by atoms with van der Waals surface area (Å²) in [5, 5.41) is 2.32. The van der Waals surface area contributed by atoms with E-state index >= 15 is 0 Å². The van der Waals surface area contributed by atoms with Gasteiger partial charge in [-0.1, -0.05) is 13.3 Å². The molecule has 0 saturated carbocycles. The molecule has 0 bridgehead atoms. The fourth-order valence-corrected chi connectivity index (χ4v) is 4.66. The first kappa shape index (κ1) is 25.7. The Labute approximate surface area is 206 Å². The number of halogens is 3. The van der Waals surface area contributed by atoms with Crippen LogP contribution >= 0.6 is 0 Å². The number of pyridine rings is 1. The molecule has 0 radical (unpaired) electrons. The molecule has 1 N–H and O–H groups in total. The van der Waals surface area contributed by atoms with Crippen molar-refractivity contribution in [3.05, 3.63) is 62.8 Å². The maximum absolute atomic E-state index is 14.0. The lowest BCUT2D eigenvalue weighted by atomic mass is 9.82. The van der Waals surface area contributed by atoms with Crippen molar-refractivity contribution in [3.8, 4) is 5.75 Å². The highest BCUT2D eigenvalue weighted by atomic mass is 19.1. The molecule has 36 heavy (non-hydrogen) atoms. The van der Waals surface area contributed by atoms with Crippen molar-refractivity contribution in [2.24, 2.45) is 0 Å². The van der Waals surface area contributed by atoms with Crippen molar-refractivity contribution >= 4 is 11.8 Å². The zero-order chi connectivity index (χ0) is 26.2. The Hall–Kier alpha value is -3.34. The number of unbranched alkanes of at least 4 members (excludes halogenated alkanes) is 1. The van der Waals surface area contributed by atoms with Crippen LogP contribution < -0.4 is 15.5 Å². The number of hydrogen-bond donors (Lipinski definition) is 1. The molecule has 1 unspecified atom stereocenters. The van der Waals surface area contributed by atoms with Crippen LogP contribution in [0.2, 0.25) is 0 Å². The van der Waals surface area contributed by atoms with E-state index in [-0.39, 0.29) is 30.2 Å². The van der Waals surface area contributed by atoms with Crippen LogP contribution in [0.5, 0.6) is 5.75 Å². The number of nitrogens with one attached hydrogen (secondary N) is 1. The summed E-state index contributed by atoms with van der Waals surface area (Å²) in [6, 6.07) is 0.602. The average molecular weight is 508 g/mol. The predicted octanol–water partition coefficient (Wildman–Crippen LogP) is 3.18. The second-order valence-electron chi connectivity index (χ2n) is 9.25. The third-order valence-corrected chi connectivity index (χ3v) is 7.07. The largest absolute Gasteiger partial charge is 0.487 e. The van der Waals surface area contributed by atoms with Crippen molar-refractivity contribution in [2.75, 3.05) is 26.9 Å². The molecule has 2 amide bonds. The topological polar surface area (TPSA) is 89.9 Å². The van der Waals surface area contributed by atoms with Crippen LogP contribution in [0.4, 0.5) is 13.2 Å². The van der Waals surface area contributed by atoms with E-state index in [0.29, 0.717) is 31.6 Å². The predicted molar refractivity (Wildman–Crippen MR) is 124 cm³/mol. The Morgan fingerprint density at radius 2 is 1.94 bits per heavy atom. The van der Waals surface area contributed by atoms with Gasteiger partial charge in [0, 0.05) is 44.1 Å².